The van der Waals surface area contributed by atoms with Crippen LogP contribution in [0.2, 0.25) is 10.0 Å². The molecule has 1 fully saturated rings. The standard InChI is InChI=1S/C12H14Cl3N/c13-8-12(5-2-6-12)16-7-9-10(14)3-1-4-11(9)15/h1,3-4,16H,2,5-8H2. The SMILES string of the molecule is ClCC1(NCc2c(Cl)cccc2Cl)CCC1. The third kappa shape index (κ3) is 2.48. The van der Waals surface area contributed by atoms with Crippen LogP contribution in [0.5, 0.6) is 0 Å². The van der Waals surface area contributed by atoms with E-state index in [1.165, 1.54) is 6.42 Å². The first-order chi connectivity index (χ1) is 7.67. The van der Waals surface area contributed by atoms with Crippen LogP contribution >= 0.6 is 34.8 Å². The van der Waals surface area contributed by atoms with Gasteiger partial charge < -0.3 is 5.32 Å². The zero-order valence-corrected chi connectivity index (χ0v) is 11.2. The number of hydrogen-bond acceptors (Lipinski definition) is 1. The van der Waals surface area contributed by atoms with Gasteiger partial charge in [0.1, 0.15) is 0 Å². The van der Waals surface area contributed by atoms with Crippen LogP contribution in [0.15, 0.2) is 18.2 Å². The molecule has 0 atom stereocenters. The molecule has 0 aliphatic heterocycles. The van der Waals surface area contributed by atoms with Crippen molar-refractivity contribution in [1.82, 2.24) is 5.32 Å². The van der Waals surface area contributed by atoms with Crippen molar-refractivity contribution >= 4 is 34.8 Å². The van der Waals surface area contributed by atoms with Crippen molar-refractivity contribution in [2.75, 3.05) is 5.88 Å². The summed E-state index contributed by atoms with van der Waals surface area (Å²) in [5.74, 6) is 0.648. The summed E-state index contributed by atoms with van der Waals surface area (Å²) in [6.45, 7) is 0.686. The van der Waals surface area contributed by atoms with Crippen LogP contribution < -0.4 is 5.32 Å². The molecule has 1 nitrogen and oxygen atoms in total. The smallest absolute Gasteiger partial charge is 0.0465 e. The zero-order chi connectivity index (χ0) is 11.6. The third-order valence-corrected chi connectivity index (χ3v) is 4.49. The molecular formula is C12H14Cl3N. The fourth-order valence-electron chi connectivity index (χ4n) is 1.94. The molecule has 0 amide bonds. The summed E-state index contributed by atoms with van der Waals surface area (Å²) >= 11 is 18.2. The van der Waals surface area contributed by atoms with E-state index >= 15 is 0 Å². The van der Waals surface area contributed by atoms with Crippen molar-refractivity contribution in [2.45, 2.75) is 31.3 Å². The van der Waals surface area contributed by atoms with Crippen molar-refractivity contribution in [2.24, 2.45) is 0 Å². The molecule has 16 heavy (non-hydrogen) atoms. The van der Waals surface area contributed by atoms with E-state index in [1.807, 2.05) is 18.2 Å². The highest BCUT2D eigenvalue weighted by Crippen LogP contribution is 2.34. The van der Waals surface area contributed by atoms with Crippen LogP contribution in [0.3, 0.4) is 0 Å². The average Bonchev–Trinajstić information content (AvgIpc) is 2.20. The van der Waals surface area contributed by atoms with E-state index < -0.39 is 0 Å². The summed E-state index contributed by atoms with van der Waals surface area (Å²) in [5.41, 5.74) is 1.06. The Hall–Kier alpha value is 0.0500. The molecule has 1 aliphatic rings. The van der Waals surface area contributed by atoms with Crippen molar-refractivity contribution in [3.05, 3.63) is 33.8 Å². The van der Waals surface area contributed by atoms with Crippen LogP contribution in [0.25, 0.3) is 0 Å². The molecule has 1 saturated carbocycles. The number of rotatable bonds is 4. The minimum atomic E-state index is 0.101. The summed E-state index contributed by atoms with van der Waals surface area (Å²) in [7, 11) is 0. The molecule has 0 saturated heterocycles. The Morgan fingerprint density at radius 1 is 1.19 bits per heavy atom. The molecule has 0 unspecified atom stereocenters. The fourth-order valence-corrected chi connectivity index (χ4v) is 2.83. The second-order valence-electron chi connectivity index (χ2n) is 4.32. The van der Waals surface area contributed by atoms with Crippen LogP contribution in [-0.4, -0.2) is 11.4 Å². The lowest BCUT2D eigenvalue weighted by molar-refractivity contribution is 0.211. The molecule has 1 aromatic rings. The predicted octanol–water partition coefficient (Wildman–Crippen LogP) is 4.24. The van der Waals surface area contributed by atoms with Gasteiger partial charge >= 0.3 is 0 Å². The fraction of sp³-hybridized carbons (Fsp3) is 0.500. The molecule has 0 bridgehead atoms. The summed E-state index contributed by atoms with van der Waals surface area (Å²) in [6, 6.07) is 5.58. The van der Waals surface area contributed by atoms with E-state index in [4.69, 9.17) is 34.8 Å². The van der Waals surface area contributed by atoms with Gasteiger partial charge in [-0.3, -0.25) is 0 Å². The van der Waals surface area contributed by atoms with Gasteiger partial charge in [-0.05, 0) is 31.4 Å². The van der Waals surface area contributed by atoms with Crippen molar-refractivity contribution in [1.29, 1.82) is 0 Å². The van der Waals surface area contributed by atoms with Crippen LogP contribution in [0.1, 0.15) is 24.8 Å². The third-order valence-electron chi connectivity index (χ3n) is 3.27. The molecular weight excluding hydrogens is 264 g/mol. The van der Waals surface area contributed by atoms with Gasteiger partial charge in [-0.25, -0.2) is 0 Å². The quantitative estimate of drug-likeness (QED) is 0.812. The number of nitrogens with one attached hydrogen (secondary N) is 1. The highest BCUT2D eigenvalue weighted by molar-refractivity contribution is 6.35. The minimum Gasteiger partial charge on any atom is -0.306 e. The largest absolute Gasteiger partial charge is 0.306 e. The number of hydrogen-bond donors (Lipinski definition) is 1. The zero-order valence-electron chi connectivity index (χ0n) is 8.90. The Kier molecular flexibility index (Phi) is 4.01. The van der Waals surface area contributed by atoms with E-state index in [1.54, 1.807) is 0 Å². The maximum absolute atomic E-state index is 6.11. The van der Waals surface area contributed by atoms with E-state index in [9.17, 15) is 0 Å². The first kappa shape index (κ1) is 12.5. The molecule has 2 rings (SSSR count). The van der Waals surface area contributed by atoms with Gasteiger partial charge in [0.15, 0.2) is 0 Å². The summed E-state index contributed by atoms with van der Waals surface area (Å²) in [5, 5.41) is 4.90. The topological polar surface area (TPSA) is 12.0 Å². The number of alkyl halides is 1. The van der Waals surface area contributed by atoms with Crippen LogP contribution in [0, 0.1) is 0 Å². The summed E-state index contributed by atoms with van der Waals surface area (Å²) in [6.07, 6.45) is 3.52. The predicted molar refractivity (Wildman–Crippen MR) is 70.6 cm³/mol. The monoisotopic (exact) mass is 277 g/mol. The van der Waals surface area contributed by atoms with Gasteiger partial charge in [0, 0.05) is 33.6 Å². The molecule has 0 aromatic heterocycles. The average molecular weight is 279 g/mol. The Morgan fingerprint density at radius 2 is 1.81 bits per heavy atom. The molecule has 1 aliphatic carbocycles. The Labute approximate surface area is 111 Å². The van der Waals surface area contributed by atoms with Gasteiger partial charge in [0.2, 0.25) is 0 Å². The lowest BCUT2D eigenvalue weighted by Crippen LogP contribution is -2.52. The van der Waals surface area contributed by atoms with Gasteiger partial charge in [-0.2, -0.15) is 0 Å². The first-order valence-corrected chi connectivity index (χ1v) is 6.70. The van der Waals surface area contributed by atoms with Gasteiger partial charge in [-0.1, -0.05) is 29.3 Å². The Morgan fingerprint density at radius 3 is 2.25 bits per heavy atom. The van der Waals surface area contributed by atoms with E-state index in [-0.39, 0.29) is 5.54 Å². The van der Waals surface area contributed by atoms with Gasteiger partial charge in [0.25, 0.3) is 0 Å². The van der Waals surface area contributed by atoms with Gasteiger partial charge in [-0.15, -0.1) is 11.6 Å². The van der Waals surface area contributed by atoms with Crippen molar-refractivity contribution in [3.63, 3.8) is 0 Å². The molecule has 0 radical (unpaired) electrons. The Bertz CT molecular complexity index is 349. The maximum atomic E-state index is 6.11. The maximum Gasteiger partial charge on any atom is 0.0465 e. The lowest BCUT2D eigenvalue weighted by Gasteiger charge is -2.41. The summed E-state index contributed by atoms with van der Waals surface area (Å²) in [4.78, 5) is 0. The van der Waals surface area contributed by atoms with E-state index in [0.717, 1.165) is 18.4 Å². The van der Waals surface area contributed by atoms with E-state index in [2.05, 4.69) is 5.32 Å². The molecule has 1 N–H and O–H groups in total. The van der Waals surface area contributed by atoms with E-state index in [0.29, 0.717) is 22.5 Å². The second kappa shape index (κ2) is 5.14. The van der Waals surface area contributed by atoms with Crippen molar-refractivity contribution in [3.8, 4) is 0 Å². The highest BCUT2D eigenvalue weighted by atomic mass is 35.5. The minimum absolute atomic E-state index is 0.101. The summed E-state index contributed by atoms with van der Waals surface area (Å²) < 4.78 is 0. The second-order valence-corrected chi connectivity index (χ2v) is 5.40. The molecule has 88 valence electrons. The number of benzene rings is 1. The normalized spacial score (nSPS) is 18.2. The molecule has 0 heterocycles. The Balaban J connectivity index is 2.04. The van der Waals surface area contributed by atoms with Crippen LogP contribution in [-0.2, 0) is 6.54 Å². The lowest BCUT2D eigenvalue weighted by atomic mass is 9.78. The van der Waals surface area contributed by atoms with Gasteiger partial charge in [0.05, 0.1) is 0 Å². The highest BCUT2D eigenvalue weighted by Gasteiger charge is 2.35. The molecule has 1 aromatic carbocycles. The molecule has 0 spiro atoms. The van der Waals surface area contributed by atoms with Crippen LogP contribution in [0.4, 0.5) is 0 Å². The molecule has 4 heteroatoms. The first-order valence-electron chi connectivity index (χ1n) is 5.41. The van der Waals surface area contributed by atoms with Crippen molar-refractivity contribution < 1.29 is 0 Å². The number of halogens is 3.